The highest BCUT2D eigenvalue weighted by atomic mass is 32.2. The van der Waals surface area contributed by atoms with E-state index in [2.05, 4.69) is 6.07 Å². The molecule has 0 bridgehead atoms. The Kier molecular flexibility index (Phi) is 3.60. The van der Waals surface area contributed by atoms with Crippen molar-refractivity contribution in [2.45, 2.75) is 49.7 Å². The summed E-state index contributed by atoms with van der Waals surface area (Å²) in [6, 6.07) is 8.77. The third kappa shape index (κ3) is 2.56. The normalized spacial score (nSPS) is 13.1. The lowest BCUT2D eigenvalue weighted by molar-refractivity contribution is 0.560. The van der Waals surface area contributed by atoms with E-state index in [1.807, 2.05) is 0 Å². The van der Waals surface area contributed by atoms with E-state index < -0.39 is 20.0 Å². The number of sulfone groups is 1. The fraction of sp³-hybridized carbons (Fsp3) is 0.500. The summed E-state index contributed by atoms with van der Waals surface area (Å²) in [6.45, 7) is 8.64. The first-order valence-corrected chi connectivity index (χ1v) is 7.27. The number of hydrogen-bond donors (Lipinski definition) is 0. The van der Waals surface area contributed by atoms with Gasteiger partial charge in [0.2, 0.25) is 0 Å². The lowest BCUT2D eigenvalue weighted by atomic mass is 9.87. The third-order valence-electron chi connectivity index (χ3n) is 2.97. The molecule has 4 heteroatoms. The van der Waals surface area contributed by atoms with Gasteiger partial charge in [-0.05, 0) is 52.3 Å². The van der Waals surface area contributed by atoms with E-state index >= 15 is 0 Å². The van der Waals surface area contributed by atoms with Crippen molar-refractivity contribution in [3.8, 4) is 6.07 Å². The van der Waals surface area contributed by atoms with E-state index in [4.69, 9.17) is 5.26 Å². The number of nitriles is 1. The summed E-state index contributed by atoms with van der Waals surface area (Å²) in [4.78, 5) is 0.299. The zero-order chi connectivity index (χ0) is 14.2. The summed E-state index contributed by atoms with van der Waals surface area (Å²) >= 11 is 0. The molecule has 0 saturated heterocycles. The molecule has 1 aromatic carbocycles. The minimum absolute atomic E-state index is 0.299. The zero-order valence-corrected chi connectivity index (χ0v) is 12.3. The van der Waals surface area contributed by atoms with E-state index in [0.29, 0.717) is 4.90 Å². The molecule has 0 aliphatic carbocycles. The predicted octanol–water partition coefficient (Wildman–Crippen LogP) is 3.06. The molecule has 0 fully saturated rings. The number of rotatable bonds is 2. The second-order valence-corrected chi connectivity index (χ2v) is 8.58. The molecule has 1 aromatic rings. The van der Waals surface area contributed by atoms with E-state index in [9.17, 15) is 8.42 Å². The first-order valence-electron chi connectivity index (χ1n) is 5.79. The Morgan fingerprint density at radius 3 is 1.78 bits per heavy atom. The van der Waals surface area contributed by atoms with E-state index in [-0.39, 0.29) is 0 Å². The van der Waals surface area contributed by atoms with Gasteiger partial charge in [-0.2, -0.15) is 5.26 Å². The standard InChI is InChI=1S/C14H19NO2S/c1-13(2,3)18(16,17)12-8-6-11(7-9-12)14(4,5)10-15/h6-9H,1-5H3. The Hall–Kier alpha value is -1.34. The largest absolute Gasteiger partial charge is 0.223 e. The van der Waals surface area contributed by atoms with Crippen molar-refractivity contribution in [3.05, 3.63) is 29.8 Å². The maximum atomic E-state index is 12.2. The van der Waals surface area contributed by atoms with Crippen LogP contribution in [0.15, 0.2) is 29.2 Å². The zero-order valence-electron chi connectivity index (χ0n) is 11.5. The summed E-state index contributed by atoms with van der Waals surface area (Å²) in [5.74, 6) is 0. The molecular weight excluding hydrogens is 246 g/mol. The van der Waals surface area contributed by atoms with Crippen molar-refractivity contribution < 1.29 is 8.42 Å². The molecule has 0 atom stereocenters. The van der Waals surface area contributed by atoms with Crippen LogP contribution in [0.25, 0.3) is 0 Å². The second-order valence-electron chi connectivity index (χ2n) is 5.88. The Bertz CT molecular complexity index is 570. The molecule has 0 aliphatic heterocycles. The van der Waals surface area contributed by atoms with Crippen LogP contribution in [0.4, 0.5) is 0 Å². The van der Waals surface area contributed by atoms with Crippen molar-refractivity contribution >= 4 is 9.84 Å². The van der Waals surface area contributed by atoms with Crippen LogP contribution in [0.5, 0.6) is 0 Å². The average Bonchev–Trinajstić information content (AvgIpc) is 2.27. The van der Waals surface area contributed by atoms with Crippen molar-refractivity contribution in [3.63, 3.8) is 0 Å². The summed E-state index contributed by atoms with van der Waals surface area (Å²) < 4.78 is 23.6. The predicted molar refractivity (Wildman–Crippen MR) is 72.0 cm³/mol. The maximum absolute atomic E-state index is 12.2. The quantitative estimate of drug-likeness (QED) is 0.825. The lowest BCUT2D eigenvalue weighted by Gasteiger charge is -2.20. The first kappa shape index (κ1) is 14.7. The van der Waals surface area contributed by atoms with E-state index in [1.165, 1.54) is 0 Å². The van der Waals surface area contributed by atoms with Crippen LogP contribution in [0.2, 0.25) is 0 Å². The number of benzene rings is 1. The number of nitrogens with zero attached hydrogens (tertiary/aromatic N) is 1. The van der Waals surface area contributed by atoms with Gasteiger partial charge >= 0.3 is 0 Å². The van der Waals surface area contributed by atoms with Gasteiger partial charge in [-0.3, -0.25) is 0 Å². The highest BCUT2D eigenvalue weighted by Crippen LogP contribution is 2.28. The van der Waals surface area contributed by atoms with Gasteiger partial charge in [-0.1, -0.05) is 12.1 Å². The SMILES string of the molecule is CC(C)(C#N)c1ccc(S(=O)(=O)C(C)(C)C)cc1. The molecule has 0 amide bonds. The van der Waals surface area contributed by atoms with Crippen molar-refractivity contribution in [1.29, 1.82) is 5.26 Å². The molecular formula is C14H19NO2S. The van der Waals surface area contributed by atoms with Crippen LogP contribution >= 0.6 is 0 Å². The molecule has 0 radical (unpaired) electrons. The van der Waals surface area contributed by atoms with Gasteiger partial charge in [0.25, 0.3) is 0 Å². The Balaban J connectivity index is 3.25. The third-order valence-corrected chi connectivity index (χ3v) is 5.48. The molecule has 0 unspecified atom stereocenters. The second kappa shape index (κ2) is 4.40. The fourth-order valence-electron chi connectivity index (χ4n) is 1.47. The first-order chi connectivity index (χ1) is 8.02. The Morgan fingerprint density at radius 1 is 1.00 bits per heavy atom. The molecule has 0 heterocycles. The molecule has 98 valence electrons. The van der Waals surface area contributed by atoms with E-state index in [0.717, 1.165) is 5.56 Å². The molecule has 3 nitrogen and oxygen atoms in total. The minimum Gasteiger partial charge on any atom is -0.223 e. The molecule has 0 aromatic heterocycles. The summed E-state index contributed by atoms with van der Waals surface area (Å²) in [7, 11) is -3.33. The van der Waals surface area contributed by atoms with Crippen LogP contribution in [-0.2, 0) is 15.3 Å². The van der Waals surface area contributed by atoms with Crippen LogP contribution in [0, 0.1) is 11.3 Å². The molecule has 18 heavy (non-hydrogen) atoms. The van der Waals surface area contributed by atoms with E-state index in [1.54, 1.807) is 58.9 Å². The minimum atomic E-state index is -3.33. The summed E-state index contributed by atoms with van der Waals surface area (Å²) in [5.41, 5.74) is 0.210. The van der Waals surface area contributed by atoms with Crippen LogP contribution in [0.1, 0.15) is 40.2 Å². The lowest BCUT2D eigenvalue weighted by Crippen LogP contribution is -2.28. The number of hydrogen-bond acceptors (Lipinski definition) is 3. The van der Waals surface area contributed by atoms with Gasteiger partial charge in [0.1, 0.15) is 0 Å². The van der Waals surface area contributed by atoms with Crippen LogP contribution < -0.4 is 0 Å². The highest BCUT2D eigenvalue weighted by Gasteiger charge is 2.31. The van der Waals surface area contributed by atoms with Gasteiger partial charge in [0, 0.05) is 0 Å². The Labute approximate surface area is 109 Å². The smallest absolute Gasteiger partial charge is 0.183 e. The van der Waals surface area contributed by atoms with Crippen molar-refractivity contribution in [2.75, 3.05) is 0 Å². The molecule has 1 rings (SSSR count). The summed E-state index contributed by atoms with van der Waals surface area (Å²) in [6.07, 6.45) is 0. The molecule has 0 spiro atoms. The van der Waals surface area contributed by atoms with Gasteiger partial charge in [0.15, 0.2) is 9.84 Å². The molecule has 0 aliphatic rings. The van der Waals surface area contributed by atoms with Crippen molar-refractivity contribution in [1.82, 2.24) is 0 Å². The highest BCUT2D eigenvalue weighted by molar-refractivity contribution is 7.92. The van der Waals surface area contributed by atoms with Gasteiger partial charge in [-0.15, -0.1) is 0 Å². The van der Waals surface area contributed by atoms with Gasteiger partial charge < -0.3 is 0 Å². The molecule has 0 saturated carbocycles. The Morgan fingerprint density at radius 2 is 1.44 bits per heavy atom. The monoisotopic (exact) mass is 265 g/mol. The van der Waals surface area contributed by atoms with Gasteiger partial charge in [0.05, 0.1) is 21.1 Å². The van der Waals surface area contributed by atoms with Crippen LogP contribution in [0.3, 0.4) is 0 Å². The van der Waals surface area contributed by atoms with Gasteiger partial charge in [-0.25, -0.2) is 8.42 Å². The topological polar surface area (TPSA) is 57.9 Å². The van der Waals surface area contributed by atoms with Crippen molar-refractivity contribution in [2.24, 2.45) is 0 Å². The summed E-state index contributed by atoms with van der Waals surface area (Å²) in [5, 5.41) is 9.04. The average molecular weight is 265 g/mol. The van der Waals surface area contributed by atoms with Crippen LogP contribution in [-0.4, -0.2) is 13.2 Å². The fourth-order valence-corrected chi connectivity index (χ4v) is 2.67. The molecule has 0 N–H and O–H groups in total. The maximum Gasteiger partial charge on any atom is 0.183 e.